The van der Waals surface area contributed by atoms with E-state index in [2.05, 4.69) is 16.0 Å². The Balaban J connectivity index is 1.50. The number of amides is 3. The molecule has 3 N–H and O–H groups in total. The summed E-state index contributed by atoms with van der Waals surface area (Å²) in [4.78, 5) is 24.1. The Kier molecular flexibility index (Phi) is 7.31. The Morgan fingerprint density at radius 1 is 0.935 bits per heavy atom. The highest BCUT2D eigenvalue weighted by molar-refractivity contribution is 6.02. The van der Waals surface area contributed by atoms with Crippen LogP contribution in [0.5, 0.6) is 11.5 Å². The van der Waals surface area contributed by atoms with E-state index in [1.165, 1.54) is 6.08 Å². The number of methoxy groups -OCH3 is 2. The molecule has 0 fully saturated rings. The second-order valence-electron chi connectivity index (χ2n) is 6.40. The maximum atomic E-state index is 12.2. The van der Waals surface area contributed by atoms with Gasteiger partial charge in [-0.25, -0.2) is 4.79 Å². The van der Waals surface area contributed by atoms with Crippen LogP contribution in [0.1, 0.15) is 11.3 Å². The molecule has 3 amide bonds. The third kappa shape index (κ3) is 6.40. The highest BCUT2D eigenvalue weighted by Crippen LogP contribution is 2.28. The maximum Gasteiger partial charge on any atom is 0.319 e. The third-order valence-corrected chi connectivity index (χ3v) is 4.25. The van der Waals surface area contributed by atoms with E-state index in [-0.39, 0.29) is 11.9 Å². The summed E-state index contributed by atoms with van der Waals surface area (Å²) in [5.74, 6) is 1.58. The lowest BCUT2D eigenvalue weighted by molar-refractivity contribution is -0.111. The molecule has 3 aromatic rings. The van der Waals surface area contributed by atoms with E-state index in [1.54, 1.807) is 75.1 Å². The molecule has 160 valence electrons. The van der Waals surface area contributed by atoms with Gasteiger partial charge in [0.25, 0.3) is 0 Å². The molecule has 3 rings (SSSR count). The Labute approximate surface area is 179 Å². The van der Waals surface area contributed by atoms with Crippen molar-refractivity contribution < 1.29 is 23.5 Å². The zero-order chi connectivity index (χ0) is 22.1. The fraction of sp³-hybridized carbons (Fsp3) is 0.130. The van der Waals surface area contributed by atoms with Crippen LogP contribution < -0.4 is 25.4 Å². The molecular weight excluding hydrogens is 398 g/mol. The molecule has 1 heterocycles. The van der Waals surface area contributed by atoms with Gasteiger partial charge in [0.15, 0.2) is 11.5 Å². The number of ether oxygens (including phenoxy) is 2. The second-order valence-corrected chi connectivity index (χ2v) is 6.40. The first-order valence-electron chi connectivity index (χ1n) is 9.46. The van der Waals surface area contributed by atoms with Gasteiger partial charge in [-0.3, -0.25) is 4.79 Å². The Hall–Kier alpha value is -4.20. The van der Waals surface area contributed by atoms with E-state index in [4.69, 9.17) is 13.9 Å². The van der Waals surface area contributed by atoms with Crippen LogP contribution >= 0.6 is 0 Å². The van der Waals surface area contributed by atoms with Crippen molar-refractivity contribution in [2.24, 2.45) is 0 Å². The van der Waals surface area contributed by atoms with Crippen LogP contribution in [0.25, 0.3) is 6.08 Å². The molecule has 0 aliphatic carbocycles. The van der Waals surface area contributed by atoms with Crippen LogP contribution in [0.2, 0.25) is 0 Å². The van der Waals surface area contributed by atoms with Crippen LogP contribution in [0.4, 0.5) is 16.2 Å². The molecule has 31 heavy (non-hydrogen) atoms. The summed E-state index contributed by atoms with van der Waals surface area (Å²) in [5.41, 5.74) is 1.99. The molecular formula is C23H23N3O5. The summed E-state index contributed by atoms with van der Waals surface area (Å²) < 4.78 is 15.6. The van der Waals surface area contributed by atoms with E-state index in [0.717, 1.165) is 5.56 Å². The second kappa shape index (κ2) is 10.5. The van der Waals surface area contributed by atoms with Gasteiger partial charge in [0.05, 0.1) is 27.0 Å². The number of hydrogen-bond acceptors (Lipinski definition) is 5. The number of furan rings is 1. The van der Waals surface area contributed by atoms with E-state index >= 15 is 0 Å². The standard InChI is InChI=1S/C23H23N3O5/c1-29-20-11-5-16(14-21(20)30-2)6-12-22(27)25-17-7-9-18(10-8-17)26-23(28)24-15-19-4-3-13-31-19/h3-14H,15H2,1-2H3,(H,25,27)(H2,24,26,28)/b12-6+. The monoisotopic (exact) mass is 421 g/mol. The molecule has 0 radical (unpaired) electrons. The van der Waals surface area contributed by atoms with E-state index in [0.29, 0.717) is 35.2 Å². The van der Waals surface area contributed by atoms with E-state index in [1.807, 2.05) is 6.07 Å². The molecule has 8 nitrogen and oxygen atoms in total. The normalized spacial score (nSPS) is 10.5. The van der Waals surface area contributed by atoms with Crippen molar-refractivity contribution in [3.63, 3.8) is 0 Å². The Bertz CT molecular complexity index is 1040. The molecule has 0 unspecified atom stereocenters. The van der Waals surface area contributed by atoms with Crippen molar-refractivity contribution in [2.75, 3.05) is 24.9 Å². The minimum Gasteiger partial charge on any atom is -0.493 e. The number of anilines is 2. The summed E-state index contributed by atoms with van der Waals surface area (Å²) in [7, 11) is 3.12. The smallest absolute Gasteiger partial charge is 0.319 e. The molecule has 0 saturated heterocycles. The predicted octanol–water partition coefficient (Wildman–Crippen LogP) is 4.27. The van der Waals surface area contributed by atoms with Gasteiger partial charge in [-0.2, -0.15) is 0 Å². The number of carbonyl (C=O) groups excluding carboxylic acids is 2. The Morgan fingerprint density at radius 3 is 2.29 bits per heavy atom. The van der Waals surface area contributed by atoms with Gasteiger partial charge in [0, 0.05) is 17.5 Å². The van der Waals surface area contributed by atoms with E-state index in [9.17, 15) is 9.59 Å². The molecule has 0 spiro atoms. The van der Waals surface area contributed by atoms with Crippen LogP contribution in [0, 0.1) is 0 Å². The highest BCUT2D eigenvalue weighted by Gasteiger charge is 2.05. The Morgan fingerprint density at radius 2 is 1.65 bits per heavy atom. The number of urea groups is 1. The van der Waals surface area contributed by atoms with Crippen molar-refractivity contribution in [1.82, 2.24) is 5.32 Å². The summed E-state index contributed by atoms with van der Waals surface area (Å²) in [6, 6.07) is 15.3. The van der Waals surface area contributed by atoms with Gasteiger partial charge in [-0.15, -0.1) is 0 Å². The summed E-state index contributed by atoms with van der Waals surface area (Å²) in [5, 5.41) is 8.16. The lowest BCUT2D eigenvalue weighted by atomic mass is 10.2. The van der Waals surface area contributed by atoms with Gasteiger partial charge < -0.3 is 29.8 Å². The van der Waals surface area contributed by atoms with Gasteiger partial charge in [-0.1, -0.05) is 6.07 Å². The lowest BCUT2D eigenvalue weighted by Crippen LogP contribution is -2.27. The van der Waals surface area contributed by atoms with Crippen molar-refractivity contribution in [1.29, 1.82) is 0 Å². The van der Waals surface area contributed by atoms with Crippen molar-refractivity contribution in [3.8, 4) is 11.5 Å². The molecule has 0 atom stereocenters. The van der Waals surface area contributed by atoms with Crippen LogP contribution in [0.15, 0.2) is 71.4 Å². The van der Waals surface area contributed by atoms with Gasteiger partial charge in [0.2, 0.25) is 5.91 Å². The first-order chi connectivity index (χ1) is 15.1. The van der Waals surface area contributed by atoms with Gasteiger partial charge in [-0.05, 0) is 60.2 Å². The molecule has 0 bridgehead atoms. The highest BCUT2D eigenvalue weighted by atomic mass is 16.5. The van der Waals surface area contributed by atoms with Gasteiger partial charge in [0.1, 0.15) is 5.76 Å². The maximum absolute atomic E-state index is 12.2. The molecule has 1 aromatic heterocycles. The number of nitrogens with one attached hydrogen (secondary N) is 3. The topological polar surface area (TPSA) is 102 Å². The molecule has 0 aliphatic heterocycles. The largest absolute Gasteiger partial charge is 0.493 e. The minimum atomic E-state index is -0.356. The van der Waals surface area contributed by atoms with Crippen molar-refractivity contribution in [3.05, 3.63) is 78.3 Å². The number of benzene rings is 2. The molecule has 0 saturated carbocycles. The number of hydrogen-bond donors (Lipinski definition) is 3. The average Bonchev–Trinajstić information content (AvgIpc) is 3.31. The molecule has 2 aromatic carbocycles. The predicted molar refractivity (Wildman–Crippen MR) is 118 cm³/mol. The first-order valence-corrected chi connectivity index (χ1v) is 9.46. The molecule has 0 aliphatic rings. The zero-order valence-electron chi connectivity index (χ0n) is 17.2. The zero-order valence-corrected chi connectivity index (χ0v) is 17.2. The summed E-state index contributed by atoms with van der Waals surface area (Å²) >= 11 is 0. The number of carbonyl (C=O) groups is 2. The van der Waals surface area contributed by atoms with Crippen LogP contribution in [-0.2, 0) is 11.3 Å². The fourth-order valence-corrected chi connectivity index (χ4v) is 2.71. The van der Waals surface area contributed by atoms with Crippen molar-refractivity contribution >= 4 is 29.4 Å². The SMILES string of the molecule is COc1ccc(/C=C/C(=O)Nc2ccc(NC(=O)NCc3ccco3)cc2)cc1OC. The van der Waals surface area contributed by atoms with Crippen molar-refractivity contribution in [2.45, 2.75) is 6.54 Å². The fourth-order valence-electron chi connectivity index (χ4n) is 2.71. The van der Waals surface area contributed by atoms with Crippen LogP contribution in [0.3, 0.4) is 0 Å². The van der Waals surface area contributed by atoms with Crippen LogP contribution in [-0.4, -0.2) is 26.2 Å². The first kappa shape index (κ1) is 21.5. The number of rotatable bonds is 8. The molecule has 8 heteroatoms. The summed E-state index contributed by atoms with van der Waals surface area (Å²) in [6.45, 7) is 0.291. The minimum absolute atomic E-state index is 0.285. The van der Waals surface area contributed by atoms with E-state index < -0.39 is 0 Å². The third-order valence-electron chi connectivity index (χ3n) is 4.25. The average molecular weight is 421 g/mol. The van der Waals surface area contributed by atoms with Gasteiger partial charge >= 0.3 is 6.03 Å². The summed E-state index contributed by atoms with van der Waals surface area (Å²) in [6.07, 6.45) is 4.65. The quantitative estimate of drug-likeness (QED) is 0.472. The lowest BCUT2D eigenvalue weighted by Gasteiger charge is -2.08.